The Morgan fingerprint density at radius 1 is 1.38 bits per heavy atom. The molecule has 4 nitrogen and oxygen atoms in total. The Labute approximate surface area is 127 Å². The summed E-state index contributed by atoms with van der Waals surface area (Å²) in [7, 11) is 0. The van der Waals surface area contributed by atoms with E-state index in [-0.39, 0.29) is 17.6 Å². The summed E-state index contributed by atoms with van der Waals surface area (Å²) in [6.07, 6.45) is 1.36. The number of nitrogens with zero attached hydrogens (tertiary/aromatic N) is 1. The number of morpholine rings is 1. The largest absolute Gasteiger partial charge is 0.494 e. The Hall–Kier alpha value is -1.55. The Morgan fingerprint density at radius 2 is 2.10 bits per heavy atom. The van der Waals surface area contributed by atoms with Gasteiger partial charge in [0.2, 0.25) is 5.91 Å². The maximum absolute atomic E-state index is 12.4. The lowest BCUT2D eigenvalue weighted by atomic mass is 10.00. The molecule has 116 valence electrons. The summed E-state index contributed by atoms with van der Waals surface area (Å²) in [6.45, 7) is 7.95. The van der Waals surface area contributed by atoms with Crippen LogP contribution in [0.4, 0.5) is 0 Å². The summed E-state index contributed by atoms with van der Waals surface area (Å²) in [5.41, 5.74) is -0.218. The Kier molecular flexibility index (Phi) is 5.23. The lowest BCUT2D eigenvalue weighted by Crippen LogP contribution is -2.57. The summed E-state index contributed by atoms with van der Waals surface area (Å²) in [5.74, 6) is 1.04. The molecule has 0 N–H and O–H groups in total. The quantitative estimate of drug-likeness (QED) is 0.783. The molecule has 1 aliphatic rings. The fourth-order valence-corrected chi connectivity index (χ4v) is 2.49. The minimum atomic E-state index is -0.218. The number of hydrogen-bond donors (Lipinski definition) is 0. The number of rotatable bonds is 5. The number of ether oxygens (including phenoxy) is 2. The van der Waals surface area contributed by atoms with E-state index in [0.29, 0.717) is 26.2 Å². The van der Waals surface area contributed by atoms with Crippen LogP contribution in [-0.2, 0) is 9.53 Å². The third-order valence-corrected chi connectivity index (χ3v) is 3.74. The van der Waals surface area contributed by atoms with Gasteiger partial charge in [0.1, 0.15) is 5.75 Å². The number of amides is 1. The van der Waals surface area contributed by atoms with Gasteiger partial charge in [0, 0.05) is 13.0 Å². The van der Waals surface area contributed by atoms with E-state index in [4.69, 9.17) is 9.47 Å². The minimum Gasteiger partial charge on any atom is -0.494 e. The maximum Gasteiger partial charge on any atom is 0.223 e. The van der Waals surface area contributed by atoms with Gasteiger partial charge in [-0.25, -0.2) is 0 Å². The van der Waals surface area contributed by atoms with Crippen molar-refractivity contribution in [3.63, 3.8) is 0 Å². The molecule has 1 aromatic rings. The fourth-order valence-electron chi connectivity index (χ4n) is 2.49. The van der Waals surface area contributed by atoms with E-state index in [1.54, 1.807) is 0 Å². The van der Waals surface area contributed by atoms with Crippen molar-refractivity contribution in [3.8, 4) is 5.75 Å². The van der Waals surface area contributed by atoms with Crippen LogP contribution < -0.4 is 4.74 Å². The van der Waals surface area contributed by atoms with E-state index in [2.05, 4.69) is 13.8 Å². The molecule has 0 bridgehead atoms. The van der Waals surface area contributed by atoms with E-state index >= 15 is 0 Å². The second kappa shape index (κ2) is 6.94. The lowest BCUT2D eigenvalue weighted by molar-refractivity contribution is -0.153. The zero-order valence-corrected chi connectivity index (χ0v) is 13.2. The van der Waals surface area contributed by atoms with Gasteiger partial charge < -0.3 is 14.4 Å². The summed E-state index contributed by atoms with van der Waals surface area (Å²) in [6, 6.07) is 9.69. The second-order valence-corrected chi connectivity index (χ2v) is 6.20. The Bertz CT molecular complexity index is 458. The zero-order valence-electron chi connectivity index (χ0n) is 13.2. The number of hydrogen-bond acceptors (Lipinski definition) is 3. The molecule has 0 saturated carbocycles. The van der Waals surface area contributed by atoms with Gasteiger partial charge in [0.05, 0.1) is 24.9 Å². The molecule has 4 heteroatoms. The topological polar surface area (TPSA) is 38.8 Å². The highest BCUT2D eigenvalue weighted by Crippen LogP contribution is 2.23. The molecule has 1 aromatic carbocycles. The third kappa shape index (κ3) is 4.46. The molecule has 1 heterocycles. The molecule has 0 aliphatic carbocycles. The van der Waals surface area contributed by atoms with Gasteiger partial charge in [-0.2, -0.15) is 0 Å². The van der Waals surface area contributed by atoms with Crippen LogP contribution in [0.15, 0.2) is 30.3 Å². The van der Waals surface area contributed by atoms with Crippen LogP contribution in [-0.4, -0.2) is 42.2 Å². The van der Waals surface area contributed by atoms with Crippen molar-refractivity contribution in [2.45, 2.75) is 45.3 Å². The molecule has 1 amide bonds. The first-order valence-electron chi connectivity index (χ1n) is 7.59. The SMILES string of the molecule is CC1CN(C(=O)CCCOc2ccccc2)C(C)(C)CO1. The highest BCUT2D eigenvalue weighted by Gasteiger charge is 2.36. The smallest absolute Gasteiger partial charge is 0.223 e. The highest BCUT2D eigenvalue weighted by atomic mass is 16.5. The van der Waals surface area contributed by atoms with Gasteiger partial charge in [-0.15, -0.1) is 0 Å². The number of para-hydroxylation sites is 1. The van der Waals surface area contributed by atoms with Crippen molar-refractivity contribution >= 4 is 5.91 Å². The van der Waals surface area contributed by atoms with Crippen molar-refractivity contribution in [2.75, 3.05) is 19.8 Å². The second-order valence-electron chi connectivity index (χ2n) is 6.20. The Morgan fingerprint density at radius 3 is 2.81 bits per heavy atom. The van der Waals surface area contributed by atoms with Gasteiger partial charge in [-0.1, -0.05) is 18.2 Å². The van der Waals surface area contributed by atoms with Crippen LogP contribution in [0.25, 0.3) is 0 Å². The van der Waals surface area contributed by atoms with Crippen molar-refractivity contribution < 1.29 is 14.3 Å². The molecule has 1 aliphatic heterocycles. The molecule has 1 saturated heterocycles. The number of carbonyl (C=O) groups is 1. The van der Waals surface area contributed by atoms with Crippen molar-refractivity contribution in [2.24, 2.45) is 0 Å². The third-order valence-electron chi connectivity index (χ3n) is 3.74. The molecule has 0 spiro atoms. The molecule has 0 radical (unpaired) electrons. The van der Waals surface area contributed by atoms with E-state index in [0.717, 1.165) is 12.2 Å². The first-order valence-corrected chi connectivity index (χ1v) is 7.59. The average Bonchev–Trinajstić information content (AvgIpc) is 2.47. The van der Waals surface area contributed by atoms with Gasteiger partial charge >= 0.3 is 0 Å². The average molecular weight is 291 g/mol. The first-order chi connectivity index (χ1) is 9.99. The van der Waals surface area contributed by atoms with Crippen LogP contribution in [0.2, 0.25) is 0 Å². The van der Waals surface area contributed by atoms with Crippen LogP contribution in [0, 0.1) is 0 Å². The van der Waals surface area contributed by atoms with Gasteiger partial charge in [0.15, 0.2) is 0 Å². The standard InChI is InChI=1S/C17H25NO3/c1-14-12-18(17(2,3)13-21-14)16(19)10-7-11-20-15-8-5-4-6-9-15/h4-6,8-9,14H,7,10-13H2,1-3H3. The van der Waals surface area contributed by atoms with Gasteiger partial charge in [-0.3, -0.25) is 4.79 Å². The predicted octanol–water partition coefficient (Wildman–Crippen LogP) is 2.87. The predicted molar refractivity (Wildman–Crippen MR) is 82.4 cm³/mol. The van der Waals surface area contributed by atoms with Gasteiger partial charge in [-0.05, 0) is 39.3 Å². The maximum atomic E-state index is 12.4. The summed E-state index contributed by atoms with van der Waals surface area (Å²) in [4.78, 5) is 14.3. The van der Waals surface area contributed by atoms with Gasteiger partial charge in [0.25, 0.3) is 0 Å². The molecule has 1 unspecified atom stereocenters. The van der Waals surface area contributed by atoms with E-state index in [9.17, 15) is 4.79 Å². The minimum absolute atomic E-state index is 0.113. The van der Waals surface area contributed by atoms with Crippen LogP contribution in [0.1, 0.15) is 33.6 Å². The summed E-state index contributed by atoms with van der Waals surface area (Å²) < 4.78 is 11.3. The fraction of sp³-hybridized carbons (Fsp3) is 0.588. The normalized spacial score (nSPS) is 21.1. The molecule has 21 heavy (non-hydrogen) atoms. The molecular formula is C17H25NO3. The van der Waals surface area contributed by atoms with E-state index in [1.165, 1.54) is 0 Å². The van der Waals surface area contributed by atoms with Crippen LogP contribution in [0.5, 0.6) is 5.75 Å². The molecule has 2 rings (SSSR count). The zero-order chi connectivity index (χ0) is 15.3. The first kappa shape index (κ1) is 15.8. The van der Waals surface area contributed by atoms with Crippen molar-refractivity contribution in [3.05, 3.63) is 30.3 Å². The summed E-state index contributed by atoms with van der Waals surface area (Å²) >= 11 is 0. The lowest BCUT2D eigenvalue weighted by Gasteiger charge is -2.44. The monoisotopic (exact) mass is 291 g/mol. The van der Waals surface area contributed by atoms with Crippen molar-refractivity contribution in [1.29, 1.82) is 0 Å². The summed E-state index contributed by atoms with van der Waals surface area (Å²) in [5, 5.41) is 0. The van der Waals surface area contributed by atoms with Crippen LogP contribution >= 0.6 is 0 Å². The molecule has 1 atom stereocenters. The molecule has 1 fully saturated rings. The highest BCUT2D eigenvalue weighted by molar-refractivity contribution is 5.77. The molecular weight excluding hydrogens is 266 g/mol. The Balaban J connectivity index is 1.76. The van der Waals surface area contributed by atoms with Crippen molar-refractivity contribution in [1.82, 2.24) is 4.90 Å². The van der Waals surface area contributed by atoms with E-state index in [1.807, 2.05) is 42.2 Å². The van der Waals surface area contributed by atoms with E-state index < -0.39 is 0 Å². The number of benzene rings is 1. The van der Waals surface area contributed by atoms with Crippen LogP contribution in [0.3, 0.4) is 0 Å². The molecule has 0 aromatic heterocycles. The number of carbonyl (C=O) groups excluding carboxylic acids is 1.